The Morgan fingerprint density at radius 1 is 1.43 bits per heavy atom. The maximum absolute atomic E-state index is 11.8. The number of carbonyl (C=O) groups excluding carboxylic acids is 1. The number of hydrogen-bond donors (Lipinski definition) is 3. The lowest BCUT2D eigenvalue weighted by Crippen LogP contribution is -2.46. The van der Waals surface area contributed by atoms with Crippen LogP contribution in [0, 0.1) is 0 Å². The zero-order valence-corrected chi connectivity index (χ0v) is 11.4. The Labute approximate surface area is 121 Å². The van der Waals surface area contributed by atoms with Gasteiger partial charge in [-0.25, -0.2) is 9.59 Å². The summed E-state index contributed by atoms with van der Waals surface area (Å²) in [5, 5.41) is 14.5. The van der Waals surface area contributed by atoms with E-state index in [1.54, 1.807) is 0 Å². The van der Waals surface area contributed by atoms with Crippen molar-refractivity contribution in [2.75, 3.05) is 0 Å². The highest BCUT2D eigenvalue weighted by Crippen LogP contribution is 2.34. The number of pyridine rings is 1. The summed E-state index contributed by atoms with van der Waals surface area (Å²) < 4.78 is 5.67. The second-order valence-electron chi connectivity index (χ2n) is 5.38. The number of hydrogen-bond acceptors (Lipinski definition) is 4. The van der Waals surface area contributed by atoms with Crippen LogP contribution in [-0.4, -0.2) is 40.3 Å². The first kappa shape index (κ1) is 13.8. The Bertz CT molecular complexity index is 563. The molecule has 3 unspecified atom stereocenters. The highest BCUT2D eigenvalue weighted by atomic mass is 16.5. The fraction of sp³-hybridized carbons (Fsp3) is 0.500. The van der Waals surface area contributed by atoms with E-state index in [1.165, 1.54) is 18.3 Å². The fourth-order valence-electron chi connectivity index (χ4n) is 2.89. The van der Waals surface area contributed by atoms with Crippen LogP contribution in [0.3, 0.4) is 0 Å². The van der Waals surface area contributed by atoms with Gasteiger partial charge in [0.1, 0.15) is 0 Å². The third kappa shape index (κ3) is 3.13. The minimum atomic E-state index is -1.01. The summed E-state index contributed by atoms with van der Waals surface area (Å²) in [6.07, 6.45) is 4.78. The maximum atomic E-state index is 11.8. The summed E-state index contributed by atoms with van der Waals surface area (Å²) in [4.78, 5) is 26.7. The lowest BCUT2D eigenvalue weighted by Gasteiger charge is -2.20. The molecule has 3 heterocycles. The fourth-order valence-corrected chi connectivity index (χ4v) is 2.89. The molecule has 0 saturated carbocycles. The number of ether oxygens (including phenoxy) is 1. The van der Waals surface area contributed by atoms with E-state index in [-0.39, 0.29) is 36.4 Å². The van der Waals surface area contributed by atoms with E-state index in [4.69, 9.17) is 9.84 Å². The lowest BCUT2D eigenvalue weighted by molar-refractivity contribution is 0.0696. The molecule has 0 aliphatic carbocycles. The van der Waals surface area contributed by atoms with Gasteiger partial charge in [0, 0.05) is 6.20 Å². The van der Waals surface area contributed by atoms with Crippen molar-refractivity contribution in [1.82, 2.24) is 15.6 Å². The van der Waals surface area contributed by atoms with Crippen molar-refractivity contribution in [3.63, 3.8) is 0 Å². The largest absolute Gasteiger partial charge is 0.478 e. The molecule has 2 aliphatic heterocycles. The second kappa shape index (κ2) is 5.69. The number of fused-ring (bicyclic) bond motifs is 2. The van der Waals surface area contributed by atoms with Crippen LogP contribution in [0.15, 0.2) is 18.3 Å². The highest BCUT2D eigenvalue weighted by Gasteiger charge is 2.41. The molecule has 2 amide bonds. The number of aromatic carboxylic acids is 1. The molecule has 112 valence electrons. The third-order valence-corrected chi connectivity index (χ3v) is 3.92. The number of nitrogens with one attached hydrogen (secondary N) is 2. The summed E-state index contributed by atoms with van der Waals surface area (Å²) in [5.74, 6) is -1.01. The molecule has 3 atom stereocenters. The van der Waals surface area contributed by atoms with Crippen LogP contribution < -0.4 is 10.6 Å². The molecule has 1 aromatic rings. The van der Waals surface area contributed by atoms with Crippen molar-refractivity contribution >= 4 is 12.0 Å². The summed E-state index contributed by atoms with van der Waals surface area (Å²) in [6, 6.07) is 2.66. The number of amides is 2. The molecule has 7 nitrogen and oxygen atoms in total. The number of carboxylic acid groups (broad SMARTS) is 1. The molecule has 7 heteroatoms. The Morgan fingerprint density at radius 2 is 2.29 bits per heavy atom. The molecule has 2 aliphatic rings. The van der Waals surface area contributed by atoms with E-state index in [1.807, 2.05) is 0 Å². The van der Waals surface area contributed by atoms with Gasteiger partial charge in [-0.15, -0.1) is 0 Å². The predicted octanol–water partition coefficient (Wildman–Crippen LogP) is 0.899. The lowest BCUT2D eigenvalue weighted by atomic mass is 9.96. The summed E-state index contributed by atoms with van der Waals surface area (Å²) >= 11 is 0. The molecule has 3 N–H and O–H groups in total. The first-order valence-electron chi connectivity index (χ1n) is 7.00. The monoisotopic (exact) mass is 291 g/mol. The minimum absolute atomic E-state index is 0.0714. The number of urea groups is 1. The van der Waals surface area contributed by atoms with Gasteiger partial charge < -0.3 is 20.5 Å². The van der Waals surface area contributed by atoms with Crippen molar-refractivity contribution < 1.29 is 19.4 Å². The van der Waals surface area contributed by atoms with Gasteiger partial charge in [-0.2, -0.15) is 0 Å². The van der Waals surface area contributed by atoms with Gasteiger partial charge in [-0.05, 0) is 31.4 Å². The van der Waals surface area contributed by atoms with Crippen LogP contribution in [-0.2, 0) is 11.3 Å². The predicted molar refractivity (Wildman–Crippen MR) is 72.9 cm³/mol. The van der Waals surface area contributed by atoms with E-state index in [0.717, 1.165) is 19.3 Å². The number of carbonyl (C=O) groups is 2. The molecule has 0 aromatic carbocycles. The Kier molecular flexibility index (Phi) is 3.74. The van der Waals surface area contributed by atoms with E-state index in [0.29, 0.717) is 5.69 Å². The highest BCUT2D eigenvalue weighted by molar-refractivity contribution is 5.87. The number of rotatable bonds is 4. The molecule has 3 rings (SSSR count). The van der Waals surface area contributed by atoms with E-state index in [9.17, 15) is 9.59 Å². The molecule has 21 heavy (non-hydrogen) atoms. The van der Waals surface area contributed by atoms with Crippen molar-refractivity contribution in [3.8, 4) is 0 Å². The van der Waals surface area contributed by atoms with Crippen LogP contribution in [0.2, 0.25) is 0 Å². The molecule has 2 fully saturated rings. The first-order valence-corrected chi connectivity index (χ1v) is 7.00. The second-order valence-corrected chi connectivity index (χ2v) is 5.38. The van der Waals surface area contributed by atoms with E-state index in [2.05, 4.69) is 15.6 Å². The maximum Gasteiger partial charge on any atom is 0.335 e. The smallest absolute Gasteiger partial charge is 0.335 e. The molecule has 0 spiro atoms. The van der Waals surface area contributed by atoms with Crippen LogP contribution in [0.4, 0.5) is 4.79 Å². The Hall–Kier alpha value is -2.15. The van der Waals surface area contributed by atoms with Crippen LogP contribution in [0.1, 0.15) is 35.3 Å². The quantitative estimate of drug-likeness (QED) is 0.765. The average Bonchev–Trinajstić information content (AvgIpc) is 3.08. The van der Waals surface area contributed by atoms with Crippen LogP contribution in [0.5, 0.6) is 0 Å². The van der Waals surface area contributed by atoms with Crippen molar-refractivity contribution in [2.45, 2.75) is 44.1 Å². The molecular weight excluding hydrogens is 274 g/mol. The molecule has 2 bridgehead atoms. The van der Waals surface area contributed by atoms with Crippen molar-refractivity contribution in [3.05, 3.63) is 29.6 Å². The normalized spacial score (nSPS) is 26.6. The zero-order chi connectivity index (χ0) is 14.8. The zero-order valence-electron chi connectivity index (χ0n) is 11.4. The van der Waals surface area contributed by atoms with Gasteiger partial charge >= 0.3 is 12.0 Å². The van der Waals surface area contributed by atoms with Gasteiger partial charge in [0.2, 0.25) is 0 Å². The molecular formula is C14H17N3O4. The van der Waals surface area contributed by atoms with E-state index >= 15 is 0 Å². The molecule has 1 aromatic heterocycles. The summed E-state index contributed by atoms with van der Waals surface area (Å²) in [6.45, 7) is 0.189. The Morgan fingerprint density at radius 3 is 2.95 bits per heavy atom. The SMILES string of the molecule is O=C(NCc1cc(C(=O)O)ccn1)NC1CC2CCC1O2. The van der Waals surface area contributed by atoms with Gasteiger partial charge in [-0.3, -0.25) is 4.98 Å². The molecule has 2 saturated heterocycles. The van der Waals surface area contributed by atoms with Crippen molar-refractivity contribution in [2.24, 2.45) is 0 Å². The van der Waals surface area contributed by atoms with Gasteiger partial charge in [0.25, 0.3) is 0 Å². The van der Waals surface area contributed by atoms with Crippen molar-refractivity contribution in [1.29, 1.82) is 0 Å². The number of nitrogens with zero attached hydrogens (tertiary/aromatic N) is 1. The van der Waals surface area contributed by atoms with Crippen LogP contribution >= 0.6 is 0 Å². The van der Waals surface area contributed by atoms with Crippen LogP contribution in [0.25, 0.3) is 0 Å². The van der Waals surface area contributed by atoms with Gasteiger partial charge in [0.05, 0.1) is 36.1 Å². The Balaban J connectivity index is 1.49. The summed E-state index contributed by atoms with van der Waals surface area (Å²) in [5.41, 5.74) is 0.665. The average molecular weight is 291 g/mol. The van der Waals surface area contributed by atoms with Gasteiger partial charge in [-0.1, -0.05) is 0 Å². The van der Waals surface area contributed by atoms with Gasteiger partial charge in [0.15, 0.2) is 0 Å². The number of aromatic nitrogens is 1. The van der Waals surface area contributed by atoms with E-state index < -0.39 is 5.97 Å². The summed E-state index contributed by atoms with van der Waals surface area (Å²) in [7, 11) is 0. The standard InChI is InChI=1S/C14H17N3O4/c18-13(19)8-3-4-15-9(5-8)7-16-14(20)17-11-6-10-1-2-12(11)21-10/h3-5,10-12H,1-2,6-7H2,(H,18,19)(H2,16,17,20). The topological polar surface area (TPSA) is 101 Å². The first-order chi connectivity index (χ1) is 10.1. The molecule has 0 radical (unpaired) electrons. The minimum Gasteiger partial charge on any atom is -0.478 e. The third-order valence-electron chi connectivity index (χ3n) is 3.92. The number of carboxylic acids is 1.